The van der Waals surface area contributed by atoms with Gasteiger partial charge in [0.2, 0.25) is 0 Å². The Kier molecular flexibility index (Phi) is 1.76. The third-order valence-corrected chi connectivity index (χ3v) is 3.72. The van der Waals surface area contributed by atoms with Crippen LogP contribution < -0.4 is 0 Å². The van der Waals surface area contributed by atoms with Gasteiger partial charge in [-0.1, -0.05) is 20.8 Å². The average molecular weight is 181 g/mol. The van der Waals surface area contributed by atoms with Gasteiger partial charge in [-0.25, -0.2) is 4.98 Å². The monoisotopic (exact) mass is 181 g/mol. The van der Waals surface area contributed by atoms with Gasteiger partial charge in [0.15, 0.2) is 0 Å². The minimum absolute atomic E-state index is 0.445. The summed E-state index contributed by atoms with van der Waals surface area (Å²) in [7, 11) is 0. The lowest BCUT2D eigenvalue weighted by Crippen LogP contribution is -2.20. The molecule has 66 valence electrons. The fraction of sp³-hybridized carbons (Fsp3) is 0.700. The number of nitrogens with zero attached hydrogens (tertiary/aromatic N) is 1. The number of hydrogen-bond donors (Lipinski definition) is 0. The molecule has 0 aromatic carbocycles. The molecule has 1 aromatic rings. The number of thiazole rings is 1. The van der Waals surface area contributed by atoms with Crippen molar-refractivity contribution >= 4 is 11.3 Å². The molecule has 0 saturated heterocycles. The lowest BCUT2D eigenvalue weighted by molar-refractivity contribution is 0.250. The lowest BCUT2D eigenvalue weighted by atomic mass is 9.79. The predicted molar refractivity (Wildman–Crippen MR) is 52.5 cm³/mol. The largest absolute Gasteiger partial charge is 0.249 e. The van der Waals surface area contributed by atoms with E-state index in [2.05, 4.69) is 25.8 Å². The van der Waals surface area contributed by atoms with Crippen molar-refractivity contribution < 1.29 is 0 Å². The van der Waals surface area contributed by atoms with Crippen LogP contribution in [0.15, 0.2) is 5.51 Å². The summed E-state index contributed by atoms with van der Waals surface area (Å²) >= 11 is 1.82. The molecule has 12 heavy (non-hydrogen) atoms. The average Bonchev–Trinajstić information content (AvgIpc) is 2.37. The van der Waals surface area contributed by atoms with E-state index >= 15 is 0 Å². The highest BCUT2D eigenvalue weighted by Gasteiger charge is 2.32. The van der Waals surface area contributed by atoms with Crippen molar-refractivity contribution in [3.63, 3.8) is 0 Å². The Morgan fingerprint density at radius 3 is 2.75 bits per heavy atom. The standard InChI is InChI=1S/C10H15NS/c1-10(2,3)7-4-8-9(5-7)12-6-11-8/h6-7H,4-5H2,1-3H3. The highest BCUT2D eigenvalue weighted by Crippen LogP contribution is 2.39. The van der Waals surface area contributed by atoms with E-state index < -0.39 is 0 Å². The molecule has 0 saturated carbocycles. The van der Waals surface area contributed by atoms with Crippen LogP contribution in [0.2, 0.25) is 0 Å². The molecule has 0 amide bonds. The van der Waals surface area contributed by atoms with Crippen LogP contribution in [0.3, 0.4) is 0 Å². The molecular formula is C10H15NS. The molecule has 0 bridgehead atoms. The molecule has 0 radical (unpaired) electrons. The summed E-state index contributed by atoms with van der Waals surface area (Å²) in [6.07, 6.45) is 2.45. The molecule has 1 aliphatic carbocycles. The van der Waals surface area contributed by atoms with Crippen molar-refractivity contribution in [3.05, 3.63) is 16.1 Å². The van der Waals surface area contributed by atoms with Crippen molar-refractivity contribution in [2.24, 2.45) is 11.3 Å². The maximum Gasteiger partial charge on any atom is 0.0797 e. The summed E-state index contributed by atoms with van der Waals surface area (Å²) in [5.41, 5.74) is 3.78. The van der Waals surface area contributed by atoms with Crippen LogP contribution >= 0.6 is 11.3 Å². The molecule has 1 aliphatic rings. The Morgan fingerprint density at radius 1 is 1.42 bits per heavy atom. The van der Waals surface area contributed by atoms with Crippen molar-refractivity contribution in [1.29, 1.82) is 0 Å². The molecule has 0 spiro atoms. The Balaban J connectivity index is 2.18. The van der Waals surface area contributed by atoms with Gasteiger partial charge in [-0.05, 0) is 24.2 Å². The first-order valence-corrected chi connectivity index (χ1v) is 5.36. The maximum absolute atomic E-state index is 4.38. The molecule has 1 heterocycles. The van der Waals surface area contributed by atoms with Crippen LogP contribution in [0.4, 0.5) is 0 Å². The van der Waals surface area contributed by atoms with Gasteiger partial charge in [0.25, 0.3) is 0 Å². The van der Waals surface area contributed by atoms with E-state index in [1.54, 1.807) is 0 Å². The van der Waals surface area contributed by atoms with Gasteiger partial charge in [0, 0.05) is 4.88 Å². The van der Waals surface area contributed by atoms with Gasteiger partial charge in [0.1, 0.15) is 0 Å². The van der Waals surface area contributed by atoms with E-state index in [-0.39, 0.29) is 0 Å². The summed E-state index contributed by atoms with van der Waals surface area (Å²) < 4.78 is 0. The Labute approximate surface area is 77.8 Å². The summed E-state index contributed by atoms with van der Waals surface area (Å²) in [6, 6.07) is 0. The summed E-state index contributed by atoms with van der Waals surface area (Å²) in [5, 5.41) is 0. The highest BCUT2D eigenvalue weighted by atomic mass is 32.1. The number of fused-ring (bicyclic) bond motifs is 1. The van der Waals surface area contributed by atoms with Crippen molar-refractivity contribution in [2.75, 3.05) is 0 Å². The Bertz CT molecular complexity index is 262. The molecule has 1 aromatic heterocycles. The molecular weight excluding hydrogens is 166 g/mol. The van der Waals surface area contributed by atoms with Gasteiger partial charge >= 0.3 is 0 Å². The van der Waals surface area contributed by atoms with Crippen LogP contribution in [0.5, 0.6) is 0 Å². The van der Waals surface area contributed by atoms with E-state index in [0.29, 0.717) is 5.41 Å². The smallest absolute Gasteiger partial charge is 0.0797 e. The minimum atomic E-state index is 0.445. The number of hydrogen-bond acceptors (Lipinski definition) is 2. The number of rotatable bonds is 0. The quantitative estimate of drug-likeness (QED) is 0.599. The normalized spacial score (nSPS) is 22.8. The van der Waals surface area contributed by atoms with E-state index in [0.717, 1.165) is 5.92 Å². The lowest BCUT2D eigenvalue weighted by Gasteiger charge is -2.26. The predicted octanol–water partition coefficient (Wildman–Crippen LogP) is 2.90. The van der Waals surface area contributed by atoms with Crippen molar-refractivity contribution in [1.82, 2.24) is 4.98 Å². The summed E-state index contributed by atoms with van der Waals surface area (Å²) in [4.78, 5) is 5.90. The second-order valence-electron chi connectivity index (χ2n) is 4.69. The summed E-state index contributed by atoms with van der Waals surface area (Å²) in [5.74, 6) is 0.812. The highest BCUT2D eigenvalue weighted by molar-refractivity contribution is 7.09. The Morgan fingerprint density at radius 2 is 2.17 bits per heavy atom. The van der Waals surface area contributed by atoms with E-state index in [9.17, 15) is 0 Å². The van der Waals surface area contributed by atoms with Crippen LogP contribution in [0, 0.1) is 11.3 Å². The van der Waals surface area contributed by atoms with Crippen molar-refractivity contribution in [3.8, 4) is 0 Å². The maximum atomic E-state index is 4.38. The fourth-order valence-corrected chi connectivity index (χ4v) is 2.64. The van der Waals surface area contributed by atoms with Crippen LogP contribution in [0.25, 0.3) is 0 Å². The fourth-order valence-electron chi connectivity index (χ4n) is 1.77. The second kappa shape index (κ2) is 2.56. The summed E-state index contributed by atoms with van der Waals surface area (Å²) in [6.45, 7) is 6.98. The molecule has 2 heteroatoms. The molecule has 2 rings (SSSR count). The van der Waals surface area contributed by atoms with Crippen LogP contribution in [-0.4, -0.2) is 4.98 Å². The van der Waals surface area contributed by atoms with Crippen LogP contribution in [0.1, 0.15) is 31.3 Å². The first kappa shape index (κ1) is 8.24. The first-order valence-electron chi connectivity index (χ1n) is 4.48. The van der Waals surface area contributed by atoms with Crippen LogP contribution in [-0.2, 0) is 12.8 Å². The third-order valence-electron chi connectivity index (χ3n) is 2.82. The number of aromatic nitrogens is 1. The molecule has 0 fully saturated rings. The van der Waals surface area contributed by atoms with Gasteiger partial charge < -0.3 is 0 Å². The molecule has 0 N–H and O–H groups in total. The van der Waals surface area contributed by atoms with E-state index in [4.69, 9.17) is 0 Å². The zero-order valence-electron chi connectivity index (χ0n) is 7.92. The van der Waals surface area contributed by atoms with Gasteiger partial charge in [-0.2, -0.15) is 0 Å². The van der Waals surface area contributed by atoms with E-state index in [1.807, 2.05) is 16.8 Å². The Hall–Kier alpha value is -0.370. The zero-order chi connectivity index (χ0) is 8.77. The van der Waals surface area contributed by atoms with E-state index in [1.165, 1.54) is 23.4 Å². The first-order chi connectivity index (χ1) is 5.57. The molecule has 1 unspecified atom stereocenters. The van der Waals surface area contributed by atoms with Gasteiger partial charge in [-0.3, -0.25) is 0 Å². The molecule has 0 aliphatic heterocycles. The van der Waals surface area contributed by atoms with Crippen molar-refractivity contribution in [2.45, 2.75) is 33.6 Å². The molecule has 1 atom stereocenters. The third kappa shape index (κ3) is 1.28. The minimum Gasteiger partial charge on any atom is -0.249 e. The second-order valence-corrected chi connectivity index (χ2v) is 5.63. The zero-order valence-corrected chi connectivity index (χ0v) is 8.74. The SMILES string of the molecule is CC(C)(C)C1Cc2ncsc2C1. The molecule has 1 nitrogen and oxygen atoms in total. The topological polar surface area (TPSA) is 12.9 Å². The van der Waals surface area contributed by atoms with Gasteiger partial charge in [-0.15, -0.1) is 11.3 Å². The van der Waals surface area contributed by atoms with Gasteiger partial charge in [0.05, 0.1) is 11.2 Å².